The van der Waals surface area contributed by atoms with Crippen LogP contribution in [0.5, 0.6) is 0 Å². The molecule has 0 aliphatic heterocycles. The Hall–Kier alpha value is -2.52. The second kappa shape index (κ2) is 7.00. The van der Waals surface area contributed by atoms with Gasteiger partial charge in [-0.05, 0) is 17.7 Å². The number of hydrogen-bond donors (Lipinski definition) is 1. The normalized spacial score (nSPS) is 14.8. The van der Waals surface area contributed by atoms with Crippen LogP contribution in [0.4, 0.5) is 13.2 Å². The Morgan fingerprint density at radius 3 is 2.69 bits per heavy atom. The van der Waals surface area contributed by atoms with Gasteiger partial charge >= 0.3 is 0 Å². The van der Waals surface area contributed by atoms with Gasteiger partial charge in [0.05, 0.1) is 18.4 Å². The summed E-state index contributed by atoms with van der Waals surface area (Å²) in [5.41, 5.74) is -2.48. The second-order valence-corrected chi connectivity index (χ2v) is 6.07. The van der Waals surface area contributed by atoms with Gasteiger partial charge in [0.25, 0.3) is 0 Å². The van der Waals surface area contributed by atoms with E-state index in [0.717, 1.165) is 18.3 Å². The summed E-state index contributed by atoms with van der Waals surface area (Å²) >= 11 is 5.73. The van der Waals surface area contributed by atoms with E-state index in [0.29, 0.717) is 6.07 Å². The van der Waals surface area contributed by atoms with E-state index in [9.17, 15) is 18.3 Å². The number of nitrogens with zero attached hydrogens (tertiary/aromatic N) is 5. The fourth-order valence-corrected chi connectivity index (χ4v) is 2.88. The first-order chi connectivity index (χ1) is 12.3. The number of aromatic nitrogens is 5. The Morgan fingerprint density at radius 2 is 2.04 bits per heavy atom. The quantitative estimate of drug-likeness (QED) is 0.686. The minimum absolute atomic E-state index is 0.212. The van der Waals surface area contributed by atoms with Crippen LogP contribution in [0.2, 0.25) is 5.28 Å². The molecule has 0 radical (unpaired) electrons. The Balaban J connectivity index is 2.15. The van der Waals surface area contributed by atoms with E-state index < -0.39 is 29.0 Å². The number of hydrogen-bond acceptors (Lipinski definition) is 5. The van der Waals surface area contributed by atoms with E-state index in [1.165, 1.54) is 24.3 Å². The summed E-state index contributed by atoms with van der Waals surface area (Å²) in [6, 6.07) is 2.73. The van der Waals surface area contributed by atoms with Gasteiger partial charge in [-0.2, -0.15) is 5.10 Å². The van der Waals surface area contributed by atoms with Crippen molar-refractivity contribution in [1.82, 2.24) is 24.7 Å². The molecule has 0 bridgehead atoms. The lowest BCUT2D eigenvalue weighted by Gasteiger charge is -2.34. The topological polar surface area (TPSA) is 76.7 Å². The average molecular weight is 384 g/mol. The maximum Gasteiger partial charge on any atom is 0.222 e. The second-order valence-electron chi connectivity index (χ2n) is 5.74. The molecule has 26 heavy (non-hydrogen) atoms. The number of benzene rings is 1. The molecule has 2 heterocycles. The lowest BCUT2D eigenvalue weighted by Crippen LogP contribution is -2.39. The van der Waals surface area contributed by atoms with E-state index in [4.69, 9.17) is 11.6 Å². The van der Waals surface area contributed by atoms with Crippen molar-refractivity contribution in [2.75, 3.05) is 0 Å². The average Bonchev–Trinajstić information content (AvgIpc) is 3.09. The lowest BCUT2D eigenvalue weighted by molar-refractivity contribution is -0.0133. The van der Waals surface area contributed by atoms with Gasteiger partial charge in [-0.3, -0.25) is 0 Å². The summed E-state index contributed by atoms with van der Waals surface area (Å²) in [6.07, 6.45) is 3.40. The van der Waals surface area contributed by atoms with Crippen molar-refractivity contribution in [3.8, 4) is 0 Å². The summed E-state index contributed by atoms with van der Waals surface area (Å²) in [5.74, 6) is -3.69. The van der Waals surface area contributed by atoms with Crippen molar-refractivity contribution in [2.45, 2.75) is 25.0 Å². The Morgan fingerprint density at radius 1 is 1.27 bits per heavy atom. The zero-order valence-corrected chi connectivity index (χ0v) is 14.2. The van der Waals surface area contributed by atoms with Crippen molar-refractivity contribution in [1.29, 1.82) is 0 Å². The molecule has 1 aromatic carbocycles. The molecule has 0 amide bonds. The standard InChI is InChI=1S/C16H13ClF3N5O/c1-9(14-13(20)5-22-15(17)24-14)16(26,6-25-8-21-7-23-25)11-3-2-10(18)4-12(11)19/h2-5,7-9,26H,6H2,1H3. The molecule has 0 aliphatic carbocycles. The lowest BCUT2D eigenvalue weighted by atomic mass is 9.79. The summed E-state index contributed by atoms with van der Waals surface area (Å²) in [7, 11) is 0. The van der Waals surface area contributed by atoms with E-state index in [-0.39, 0.29) is 23.1 Å². The number of aliphatic hydroxyl groups is 1. The maximum absolute atomic E-state index is 14.4. The summed E-state index contributed by atoms with van der Waals surface area (Å²) in [5, 5.41) is 15.0. The summed E-state index contributed by atoms with van der Waals surface area (Å²) in [4.78, 5) is 11.1. The molecule has 2 unspecified atom stereocenters. The minimum atomic E-state index is -2.02. The molecule has 0 saturated heterocycles. The van der Waals surface area contributed by atoms with Crippen molar-refractivity contribution in [3.63, 3.8) is 0 Å². The van der Waals surface area contributed by atoms with Crippen LogP contribution in [0, 0.1) is 17.5 Å². The number of rotatable bonds is 5. The van der Waals surface area contributed by atoms with Gasteiger partial charge in [0, 0.05) is 17.5 Å². The van der Waals surface area contributed by atoms with Gasteiger partial charge in [-0.15, -0.1) is 0 Å². The van der Waals surface area contributed by atoms with Crippen LogP contribution in [0.25, 0.3) is 0 Å². The first-order valence-corrected chi connectivity index (χ1v) is 7.87. The molecular formula is C16H13ClF3N5O. The van der Waals surface area contributed by atoms with E-state index in [2.05, 4.69) is 20.1 Å². The van der Waals surface area contributed by atoms with Crippen LogP contribution in [-0.2, 0) is 12.1 Å². The van der Waals surface area contributed by atoms with E-state index in [1.54, 1.807) is 0 Å². The Bertz CT molecular complexity index is 924. The third kappa shape index (κ3) is 3.40. The molecule has 2 aromatic heterocycles. The monoisotopic (exact) mass is 383 g/mol. The smallest absolute Gasteiger partial charge is 0.222 e. The SMILES string of the molecule is CC(c1nc(Cl)ncc1F)C(O)(Cn1cncn1)c1ccc(F)cc1F. The summed E-state index contributed by atoms with van der Waals surface area (Å²) in [6.45, 7) is 1.17. The first-order valence-electron chi connectivity index (χ1n) is 7.49. The molecule has 0 saturated carbocycles. The van der Waals surface area contributed by atoms with Crippen LogP contribution in [-0.4, -0.2) is 29.8 Å². The highest BCUT2D eigenvalue weighted by molar-refractivity contribution is 6.28. The highest BCUT2D eigenvalue weighted by Crippen LogP contribution is 2.39. The fourth-order valence-electron chi connectivity index (χ4n) is 2.74. The summed E-state index contributed by atoms with van der Waals surface area (Å²) < 4.78 is 43.2. The molecule has 1 N–H and O–H groups in total. The molecule has 0 fully saturated rings. The highest BCUT2D eigenvalue weighted by atomic mass is 35.5. The van der Waals surface area contributed by atoms with Gasteiger partial charge in [-0.25, -0.2) is 32.8 Å². The maximum atomic E-state index is 14.4. The molecule has 10 heteroatoms. The predicted molar refractivity (Wildman–Crippen MR) is 85.7 cm³/mol. The van der Waals surface area contributed by atoms with Crippen LogP contribution in [0.15, 0.2) is 37.1 Å². The van der Waals surface area contributed by atoms with Crippen LogP contribution < -0.4 is 0 Å². The minimum Gasteiger partial charge on any atom is -0.382 e. The van der Waals surface area contributed by atoms with Gasteiger partial charge in [0.2, 0.25) is 5.28 Å². The highest BCUT2D eigenvalue weighted by Gasteiger charge is 2.42. The molecule has 0 spiro atoms. The largest absolute Gasteiger partial charge is 0.382 e. The zero-order valence-electron chi connectivity index (χ0n) is 13.4. The van der Waals surface area contributed by atoms with Crippen molar-refractivity contribution >= 4 is 11.6 Å². The Labute approximate surface area is 151 Å². The molecular weight excluding hydrogens is 371 g/mol. The molecule has 3 rings (SSSR count). The zero-order chi connectivity index (χ0) is 18.9. The third-order valence-corrected chi connectivity index (χ3v) is 4.32. The van der Waals surface area contributed by atoms with Crippen molar-refractivity contribution < 1.29 is 18.3 Å². The number of halogens is 4. The first kappa shape index (κ1) is 18.3. The van der Waals surface area contributed by atoms with Crippen molar-refractivity contribution in [3.05, 3.63) is 71.0 Å². The Kier molecular flexibility index (Phi) is 4.92. The van der Waals surface area contributed by atoms with Crippen LogP contribution >= 0.6 is 11.6 Å². The molecule has 3 aromatic rings. The van der Waals surface area contributed by atoms with Gasteiger partial charge in [-0.1, -0.05) is 13.0 Å². The van der Waals surface area contributed by atoms with Gasteiger partial charge in [0.15, 0.2) is 5.82 Å². The van der Waals surface area contributed by atoms with E-state index >= 15 is 0 Å². The molecule has 6 nitrogen and oxygen atoms in total. The third-order valence-electron chi connectivity index (χ3n) is 4.14. The molecule has 136 valence electrons. The predicted octanol–water partition coefficient (Wildman–Crippen LogP) is 2.83. The van der Waals surface area contributed by atoms with Crippen LogP contribution in [0.1, 0.15) is 24.1 Å². The molecule has 2 atom stereocenters. The van der Waals surface area contributed by atoms with Gasteiger partial charge < -0.3 is 5.11 Å². The molecule has 0 aliphatic rings. The van der Waals surface area contributed by atoms with E-state index in [1.807, 2.05) is 0 Å². The van der Waals surface area contributed by atoms with Crippen LogP contribution in [0.3, 0.4) is 0 Å². The fraction of sp³-hybridized carbons (Fsp3) is 0.250. The van der Waals surface area contributed by atoms with Crippen molar-refractivity contribution in [2.24, 2.45) is 0 Å². The van der Waals surface area contributed by atoms with Gasteiger partial charge in [0.1, 0.15) is 29.9 Å².